The molecule has 0 spiro atoms. The Morgan fingerprint density at radius 1 is 0.914 bits per heavy atom. The molecule has 1 fully saturated rings. The van der Waals surface area contributed by atoms with E-state index in [1.807, 2.05) is 32.9 Å². The van der Waals surface area contributed by atoms with Gasteiger partial charge in [-0.3, -0.25) is 4.79 Å². The van der Waals surface area contributed by atoms with E-state index in [-0.39, 0.29) is 24.9 Å². The molecule has 0 aromatic heterocycles. The number of carbonyl (C=O) groups excluding carboxylic acids is 2. The third kappa shape index (κ3) is 8.40. The fraction of sp³-hybridized carbons (Fsp3) is 0.481. The van der Waals surface area contributed by atoms with Crippen LogP contribution in [0.4, 0.5) is 0 Å². The van der Waals surface area contributed by atoms with Crippen LogP contribution in [0.5, 0.6) is 11.5 Å². The summed E-state index contributed by atoms with van der Waals surface area (Å²) in [5.74, 6) is 0.808. The number of hydrogen-bond donors (Lipinski definition) is 0. The summed E-state index contributed by atoms with van der Waals surface area (Å²) in [6.07, 6.45) is 3.19. The third-order valence-corrected chi connectivity index (χ3v) is 5.88. The zero-order valence-electron chi connectivity index (χ0n) is 20.9. The number of hydrogen-bond acceptors (Lipinski definition) is 7. The van der Waals surface area contributed by atoms with Gasteiger partial charge in [-0.1, -0.05) is 32.9 Å². The number of carbonyl (C=O) groups is 2. The van der Waals surface area contributed by atoms with Crippen molar-refractivity contribution in [1.82, 2.24) is 0 Å². The molecule has 1 saturated heterocycles. The summed E-state index contributed by atoms with van der Waals surface area (Å²) in [5.41, 5.74) is 1.33. The van der Waals surface area contributed by atoms with Gasteiger partial charge in [-0.25, -0.2) is 4.79 Å². The fourth-order valence-corrected chi connectivity index (χ4v) is 3.81. The van der Waals surface area contributed by atoms with E-state index < -0.39 is 5.97 Å². The Balaban J connectivity index is 1.36. The molecule has 2 aromatic carbocycles. The van der Waals surface area contributed by atoms with Gasteiger partial charge in [0.1, 0.15) is 11.5 Å². The lowest BCUT2D eigenvalue weighted by molar-refractivity contribution is -0.150. The maximum Gasteiger partial charge on any atom is 0.493 e. The molecule has 3 rings (SSSR count). The van der Waals surface area contributed by atoms with Crippen LogP contribution in [0.1, 0.15) is 56.8 Å². The summed E-state index contributed by atoms with van der Waals surface area (Å²) in [7, 11) is -0.366. The van der Waals surface area contributed by atoms with E-state index in [2.05, 4.69) is 0 Å². The maximum atomic E-state index is 12.5. The Labute approximate surface area is 208 Å². The highest BCUT2D eigenvalue weighted by Gasteiger charge is 2.24. The Morgan fingerprint density at radius 3 is 2.17 bits per heavy atom. The standard InChI is InChI=1S/C27H35BO7/c1-4-25(20(2)3)27(30)32-17-6-5-16-31-23-12-8-21(9-13-23)26(29)35-24-14-10-22(11-15-24)28-33-18-7-19-34-28/h8-15,20,25H,4-7,16-19H2,1-3H3. The lowest BCUT2D eigenvalue weighted by Crippen LogP contribution is -2.40. The predicted molar refractivity (Wildman–Crippen MR) is 134 cm³/mol. The lowest BCUT2D eigenvalue weighted by Gasteiger charge is -2.19. The first kappa shape index (κ1) is 26.8. The first-order valence-electron chi connectivity index (χ1n) is 12.4. The minimum absolute atomic E-state index is 0.0402. The molecule has 8 heteroatoms. The molecule has 1 unspecified atom stereocenters. The average molecular weight is 482 g/mol. The molecule has 2 aromatic rings. The van der Waals surface area contributed by atoms with Crippen LogP contribution < -0.4 is 14.9 Å². The second-order valence-corrected chi connectivity index (χ2v) is 8.89. The number of benzene rings is 2. The van der Waals surface area contributed by atoms with E-state index in [4.69, 9.17) is 23.5 Å². The molecule has 0 N–H and O–H groups in total. The van der Waals surface area contributed by atoms with Gasteiger partial charge in [0.15, 0.2) is 0 Å². The quantitative estimate of drug-likeness (QED) is 0.192. The normalized spacial score (nSPS) is 14.5. The Hall–Kier alpha value is -2.84. The lowest BCUT2D eigenvalue weighted by atomic mass is 9.78. The van der Waals surface area contributed by atoms with Gasteiger partial charge in [-0.05, 0) is 73.5 Å². The average Bonchev–Trinajstić information content (AvgIpc) is 2.87. The van der Waals surface area contributed by atoms with Crippen molar-refractivity contribution in [2.24, 2.45) is 11.8 Å². The summed E-state index contributed by atoms with van der Waals surface area (Å²) in [6.45, 7) is 8.33. The van der Waals surface area contributed by atoms with E-state index in [0.29, 0.717) is 43.5 Å². The highest BCUT2D eigenvalue weighted by Crippen LogP contribution is 2.18. The molecule has 1 atom stereocenters. The Bertz CT molecular complexity index is 922. The van der Waals surface area contributed by atoms with Crippen molar-refractivity contribution in [3.05, 3.63) is 54.1 Å². The molecule has 35 heavy (non-hydrogen) atoms. The van der Waals surface area contributed by atoms with E-state index in [0.717, 1.165) is 31.1 Å². The summed E-state index contributed by atoms with van der Waals surface area (Å²) in [6, 6.07) is 14.0. The van der Waals surface area contributed by atoms with Crippen molar-refractivity contribution in [3.63, 3.8) is 0 Å². The van der Waals surface area contributed by atoms with Crippen molar-refractivity contribution in [3.8, 4) is 11.5 Å². The first-order valence-corrected chi connectivity index (χ1v) is 12.4. The van der Waals surface area contributed by atoms with Crippen molar-refractivity contribution in [1.29, 1.82) is 0 Å². The van der Waals surface area contributed by atoms with Crippen LogP contribution in [-0.2, 0) is 18.8 Å². The van der Waals surface area contributed by atoms with E-state index >= 15 is 0 Å². The van der Waals surface area contributed by atoms with Crippen molar-refractivity contribution < 1.29 is 33.1 Å². The predicted octanol–water partition coefficient (Wildman–Crippen LogP) is 4.42. The largest absolute Gasteiger partial charge is 0.494 e. The SMILES string of the molecule is CCC(C(=O)OCCCCOc1ccc(C(=O)Oc2ccc(B3OCCCO3)cc2)cc1)C(C)C. The summed E-state index contributed by atoms with van der Waals surface area (Å²) >= 11 is 0. The minimum atomic E-state index is -0.442. The molecule has 1 aliphatic heterocycles. The molecule has 0 saturated carbocycles. The maximum absolute atomic E-state index is 12.5. The highest BCUT2D eigenvalue weighted by molar-refractivity contribution is 6.61. The molecule has 0 bridgehead atoms. The van der Waals surface area contributed by atoms with E-state index in [1.165, 1.54) is 0 Å². The minimum Gasteiger partial charge on any atom is -0.494 e. The van der Waals surface area contributed by atoms with Gasteiger partial charge in [0, 0.05) is 13.2 Å². The first-order chi connectivity index (χ1) is 17.0. The van der Waals surface area contributed by atoms with Crippen LogP contribution in [0.3, 0.4) is 0 Å². The number of rotatable bonds is 12. The zero-order valence-corrected chi connectivity index (χ0v) is 20.9. The molecule has 0 radical (unpaired) electrons. The topological polar surface area (TPSA) is 80.3 Å². The highest BCUT2D eigenvalue weighted by atomic mass is 16.6. The Morgan fingerprint density at radius 2 is 1.54 bits per heavy atom. The van der Waals surface area contributed by atoms with Crippen LogP contribution in [-0.4, -0.2) is 45.5 Å². The summed E-state index contributed by atoms with van der Waals surface area (Å²) in [5, 5.41) is 0. The molecule has 7 nitrogen and oxygen atoms in total. The van der Waals surface area contributed by atoms with Crippen molar-refractivity contribution in [2.45, 2.75) is 46.5 Å². The van der Waals surface area contributed by atoms with Crippen LogP contribution >= 0.6 is 0 Å². The number of ether oxygens (including phenoxy) is 3. The molecule has 188 valence electrons. The van der Waals surface area contributed by atoms with Gasteiger partial charge in [0.05, 0.1) is 24.7 Å². The van der Waals surface area contributed by atoms with Gasteiger partial charge in [0.2, 0.25) is 0 Å². The van der Waals surface area contributed by atoms with Gasteiger partial charge >= 0.3 is 19.1 Å². The molecule has 0 amide bonds. The number of esters is 2. The summed E-state index contributed by atoms with van der Waals surface area (Å²) < 4.78 is 27.7. The van der Waals surface area contributed by atoms with Gasteiger partial charge in [-0.15, -0.1) is 0 Å². The zero-order chi connectivity index (χ0) is 25.0. The molecular formula is C27H35BO7. The van der Waals surface area contributed by atoms with Gasteiger partial charge in [-0.2, -0.15) is 0 Å². The van der Waals surface area contributed by atoms with Crippen LogP contribution in [0.15, 0.2) is 48.5 Å². The molecule has 0 aliphatic carbocycles. The van der Waals surface area contributed by atoms with Crippen molar-refractivity contribution >= 4 is 24.5 Å². The second kappa shape index (κ2) is 13.9. The van der Waals surface area contributed by atoms with E-state index in [1.54, 1.807) is 36.4 Å². The van der Waals surface area contributed by atoms with Gasteiger partial charge < -0.3 is 23.5 Å². The van der Waals surface area contributed by atoms with Crippen LogP contribution in [0, 0.1) is 11.8 Å². The fourth-order valence-electron chi connectivity index (χ4n) is 3.81. The van der Waals surface area contributed by atoms with Crippen LogP contribution in [0.25, 0.3) is 0 Å². The Kier molecular flexibility index (Phi) is 10.6. The van der Waals surface area contributed by atoms with Crippen LogP contribution in [0.2, 0.25) is 0 Å². The van der Waals surface area contributed by atoms with E-state index in [9.17, 15) is 9.59 Å². The molecule has 1 aliphatic rings. The monoisotopic (exact) mass is 482 g/mol. The molecule has 1 heterocycles. The second-order valence-electron chi connectivity index (χ2n) is 8.89. The van der Waals surface area contributed by atoms with Gasteiger partial charge in [0.25, 0.3) is 0 Å². The number of unbranched alkanes of at least 4 members (excludes halogenated alkanes) is 1. The third-order valence-electron chi connectivity index (χ3n) is 5.88. The van der Waals surface area contributed by atoms with Crippen molar-refractivity contribution in [2.75, 3.05) is 26.4 Å². The molecular weight excluding hydrogens is 447 g/mol. The summed E-state index contributed by atoms with van der Waals surface area (Å²) in [4.78, 5) is 24.5. The smallest absolute Gasteiger partial charge is 0.493 e.